The summed E-state index contributed by atoms with van der Waals surface area (Å²) in [5, 5.41) is 0. The molecule has 21 heavy (non-hydrogen) atoms. The number of nitrogens with zero attached hydrogens (tertiary/aromatic N) is 1. The van der Waals surface area contributed by atoms with E-state index in [2.05, 4.69) is 18.2 Å². The monoisotopic (exact) mass is 280 g/mol. The molecule has 0 saturated carbocycles. The van der Waals surface area contributed by atoms with Gasteiger partial charge in [0, 0.05) is 12.7 Å². The van der Waals surface area contributed by atoms with Crippen molar-refractivity contribution in [3.63, 3.8) is 0 Å². The van der Waals surface area contributed by atoms with E-state index in [1.54, 1.807) is 0 Å². The summed E-state index contributed by atoms with van der Waals surface area (Å²) in [6, 6.07) is 14.1. The summed E-state index contributed by atoms with van der Waals surface area (Å²) >= 11 is 0. The average Bonchev–Trinajstić information content (AvgIpc) is 2.92. The number of amides is 1. The standard InChI is InChI=1S/C18H20N2O/c1-12-6-5-9-15(17(12)19)18(21)20(2)16-11-10-13-7-3-4-8-14(13)16/h3-9,16H,10-11,19H2,1-2H3. The van der Waals surface area contributed by atoms with E-state index in [4.69, 9.17) is 5.73 Å². The van der Waals surface area contributed by atoms with E-state index in [9.17, 15) is 4.79 Å². The lowest BCUT2D eigenvalue weighted by molar-refractivity contribution is 0.0731. The first-order valence-corrected chi connectivity index (χ1v) is 7.29. The number of nitrogen functional groups attached to an aromatic ring is 1. The lowest BCUT2D eigenvalue weighted by atomic mass is 10.0. The van der Waals surface area contributed by atoms with Crippen molar-refractivity contribution >= 4 is 11.6 Å². The summed E-state index contributed by atoms with van der Waals surface area (Å²) in [5.74, 6) is -0.00194. The number of fused-ring (bicyclic) bond motifs is 1. The van der Waals surface area contributed by atoms with Gasteiger partial charge in [0.1, 0.15) is 0 Å². The van der Waals surface area contributed by atoms with Crippen molar-refractivity contribution in [2.75, 3.05) is 12.8 Å². The smallest absolute Gasteiger partial charge is 0.256 e. The van der Waals surface area contributed by atoms with E-state index in [-0.39, 0.29) is 11.9 Å². The predicted octanol–water partition coefficient (Wildman–Crippen LogP) is 3.34. The number of carbonyl (C=O) groups excluding carboxylic acids is 1. The Bertz CT molecular complexity index is 693. The fraction of sp³-hybridized carbons (Fsp3) is 0.278. The van der Waals surface area contributed by atoms with Crippen molar-refractivity contribution in [3.8, 4) is 0 Å². The van der Waals surface area contributed by atoms with Gasteiger partial charge in [-0.1, -0.05) is 36.4 Å². The summed E-state index contributed by atoms with van der Waals surface area (Å²) in [7, 11) is 1.87. The number of hydrogen-bond acceptors (Lipinski definition) is 2. The Labute approximate surface area is 125 Å². The average molecular weight is 280 g/mol. The summed E-state index contributed by atoms with van der Waals surface area (Å²) in [4.78, 5) is 14.6. The van der Waals surface area contributed by atoms with Crippen LogP contribution in [0.15, 0.2) is 42.5 Å². The van der Waals surface area contributed by atoms with Crippen LogP contribution in [0, 0.1) is 6.92 Å². The third-order valence-corrected chi connectivity index (χ3v) is 4.44. The Morgan fingerprint density at radius 2 is 1.95 bits per heavy atom. The number of hydrogen-bond donors (Lipinski definition) is 1. The molecule has 2 aromatic carbocycles. The van der Waals surface area contributed by atoms with Gasteiger partial charge in [-0.05, 0) is 42.5 Å². The molecule has 1 aliphatic rings. The molecule has 0 bridgehead atoms. The number of rotatable bonds is 2. The minimum absolute atomic E-state index is 0.00194. The summed E-state index contributed by atoms with van der Waals surface area (Å²) in [5.41, 5.74) is 10.8. The quantitative estimate of drug-likeness (QED) is 0.858. The number of para-hydroxylation sites is 1. The van der Waals surface area contributed by atoms with Crippen LogP contribution in [-0.2, 0) is 6.42 Å². The first-order valence-electron chi connectivity index (χ1n) is 7.29. The fourth-order valence-corrected chi connectivity index (χ4v) is 3.14. The number of benzene rings is 2. The molecule has 0 spiro atoms. The molecule has 0 aromatic heterocycles. The van der Waals surface area contributed by atoms with E-state index in [0.29, 0.717) is 11.3 Å². The number of carbonyl (C=O) groups is 1. The summed E-state index contributed by atoms with van der Waals surface area (Å²) < 4.78 is 0. The second kappa shape index (κ2) is 5.24. The van der Waals surface area contributed by atoms with Crippen molar-refractivity contribution in [2.45, 2.75) is 25.8 Å². The Balaban J connectivity index is 1.91. The molecule has 0 radical (unpaired) electrons. The van der Waals surface area contributed by atoms with Gasteiger partial charge >= 0.3 is 0 Å². The molecular weight excluding hydrogens is 260 g/mol. The highest BCUT2D eigenvalue weighted by molar-refractivity contribution is 5.99. The molecule has 3 nitrogen and oxygen atoms in total. The Morgan fingerprint density at radius 3 is 2.76 bits per heavy atom. The van der Waals surface area contributed by atoms with Crippen molar-refractivity contribution in [1.82, 2.24) is 4.90 Å². The first-order chi connectivity index (χ1) is 10.1. The van der Waals surface area contributed by atoms with Gasteiger partial charge in [-0.15, -0.1) is 0 Å². The largest absolute Gasteiger partial charge is 0.398 e. The number of aryl methyl sites for hydroxylation is 2. The molecule has 0 aliphatic heterocycles. The third kappa shape index (κ3) is 2.29. The maximum absolute atomic E-state index is 12.8. The fourth-order valence-electron chi connectivity index (χ4n) is 3.14. The van der Waals surface area contributed by atoms with Crippen molar-refractivity contribution < 1.29 is 4.79 Å². The molecule has 1 atom stereocenters. The van der Waals surface area contributed by atoms with Crippen LogP contribution in [-0.4, -0.2) is 17.9 Å². The van der Waals surface area contributed by atoms with E-state index in [0.717, 1.165) is 18.4 Å². The van der Waals surface area contributed by atoms with Gasteiger partial charge in [-0.25, -0.2) is 0 Å². The van der Waals surface area contributed by atoms with Gasteiger partial charge in [0.2, 0.25) is 0 Å². The zero-order chi connectivity index (χ0) is 15.0. The molecular formula is C18H20N2O. The van der Waals surface area contributed by atoms with Gasteiger partial charge in [0.15, 0.2) is 0 Å². The molecule has 3 heteroatoms. The van der Waals surface area contributed by atoms with Crippen LogP contribution >= 0.6 is 0 Å². The summed E-state index contributed by atoms with van der Waals surface area (Å²) in [6.07, 6.45) is 2.01. The van der Waals surface area contributed by atoms with Crippen LogP contribution in [0.25, 0.3) is 0 Å². The van der Waals surface area contributed by atoms with Gasteiger partial charge in [0.05, 0.1) is 11.6 Å². The lowest BCUT2D eigenvalue weighted by Crippen LogP contribution is -2.30. The maximum Gasteiger partial charge on any atom is 0.256 e. The lowest BCUT2D eigenvalue weighted by Gasteiger charge is -2.26. The first kappa shape index (κ1) is 13.7. The second-order valence-corrected chi connectivity index (χ2v) is 5.71. The Hall–Kier alpha value is -2.29. The third-order valence-electron chi connectivity index (χ3n) is 4.44. The van der Waals surface area contributed by atoms with Crippen molar-refractivity contribution in [1.29, 1.82) is 0 Å². The zero-order valence-electron chi connectivity index (χ0n) is 12.5. The van der Waals surface area contributed by atoms with Gasteiger partial charge in [-0.3, -0.25) is 4.79 Å². The van der Waals surface area contributed by atoms with E-state index >= 15 is 0 Å². The van der Waals surface area contributed by atoms with Gasteiger partial charge in [0.25, 0.3) is 5.91 Å². The van der Waals surface area contributed by atoms with Crippen LogP contribution in [0.3, 0.4) is 0 Å². The Morgan fingerprint density at radius 1 is 1.19 bits per heavy atom. The SMILES string of the molecule is Cc1cccc(C(=O)N(C)C2CCc3ccccc32)c1N. The summed E-state index contributed by atoms with van der Waals surface area (Å²) in [6.45, 7) is 1.93. The molecule has 0 saturated heterocycles. The topological polar surface area (TPSA) is 46.3 Å². The zero-order valence-corrected chi connectivity index (χ0v) is 12.5. The molecule has 108 valence electrons. The normalized spacial score (nSPS) is 16.6. The highest BCUT2D eigenvalue weighted by atomic mass is 16.2. The van der Waals surface area contributed by atoms with E-state index in [1.807, 2.05) is 43.1 Å². The van der Waals surface area contributed by atoms with Crippen molar-refractivity contribution in [2.24, 2.45) is 0 Å². The maximum atomic E-state index is 12.8. The molecule has 0 fully saturated rings. The van der Waals surface area contributed by atoms with Crippen LogP contribution in [0.1, 0.15) is 39.5 Å². The minimum Gasteiger partial charge on any atom is -0.398 e. The molecule has 2 N–H and O–H groups in total. The number of anilines is 1. The molecule has 3 rings (SSSR count). The highest BCUT2D eigenvalue weighted by Gasteiger charge is 2.29. The van der Waals surface area contributed by atoms with Crippen LogP contribution in [0.5, 0.6) is 0 Å². The highest BCUT2D eigenvalue weighted by Crippen LogP contribution is 2.35. The predicted molar refractivity (Wildman–Crippen MR) is 85.2 cm³/mol. The minimum atomic E-state index is -0.00194. The van der Waals surface area contributed by atoms with Gasteiger partial charge in [-0.2, -0.15) is 0 Å². The van der Waals surface area contributed by atoms with E-state index < -0.39 is 0 Å². The molecule has 1 amide bonds. The second-order valence-electron chi connectivity index (χ2n) is 5.71. The molecule has 1 aliphatic carbocycles. The number of nitrogens with two attached hydrogens (primary N) is 1. The van der Waals surface area contributed by atoms with Gasteiger partial charge < -0.3 is 10.6 Å². The van der Waals surface area contributed by atoms with E-state index in [1.165, 1.54) is 11.1 Å². The molecule has 1 unspecified atom stereocenters. The van der Waals surface area contributed by atoms with Crippen molar-refractivity contribution in [3.05, 3.63) is 64.7 Å². The van der Waals surface area contributed by atoms with Crippen LogP contribution in [0.4, 0.5) is 5.69 Å². The molecule has 0 heterocycles. The Kier molecular flexibility index (Phi) is 3.42. The molecule has 2 aromatic rings. The van der Waals surface area contributed by atoms with Crippen LogP contribution in [0.2, 0.25) is 0 Å². The van der Waals surface area contributed by atoms with Crippen LogP contribution < -0.4 is 5.73 Å².